The van der Waals surface area contributed by atoms with Crippen LogP contribution in [0.5, 0.6) is 11.5 Å². The number of rotatable bonds is 4. The monoisotopic (exact) mass is 424 g/mol. The summed E-state index contributed by atoms with van der Waals surface area (Å²) in [5, 5.41) is 9.23. The summed E-state index contributed by atoms with van der Waals surface area (Å²) >= 11 is 0. The van der Waals surface area contributed by atoms with Crippen LogP contribution >= 0.6 is 0 Å². The van der Waals surface area contributed by atoms with Crippen LogP contribution in [0, 0.1) is 18.8 Å². The number of carbonyl (C=O) groups is 1. The Bertz CT molecular complexity index is 1270. The highest BCUT2D eigenvalue weighted by molar-refractivity contribution is 5.90. The van der Waals surface area contributed by atoms with Crippen molar-refractivity contribution in [3.05, 3.63) is 93.5 Å². The molecule has 0 bridgehead atoms. The van der Waals surface area contributed by atoms with Gasteiger partial charge < -0.3 is 14.6 Å². The Balaban J connectivity index is 1.72. The maximum Gasteiger partial charge on any atom is 0.335 e. The normalized spacial score (nSPS) is 13.3. The molecule has 0 aliphatic heterocycles. The molecule has 3 aromatic carbocycles. The first-order valence-corrected chi connectivity index (χ1v) is 10.4. The van der Waals surface area contributed by atoms with Crippen LogP contribution < -0.4 is 9.47 Å². The molecule has 0 atom stereocenters. The summed E-state index contributed by atoms with van der Waals surface area (Å²) in [7, 11) is 3.30. The van der Waals surface area contributed by atoms with E-state index in [0.29, 0.717) is 11.1 Å². The number of fused-ring (bicyclic) bond motifs is 1. The van der Waals surface area contributed by atoms with Crippen molar-refractivity contribution in [1.29, 1.82) is 0 Å². The van der Waals surface area contributed by atoms with Gasteiger partial charge in [-0.1, -0.05) is 30.0 Å². The zero-order valence-electron chi connectivity index (χ0n) is 18.4. The van der Waals surface area contributed by atoms with E-state index >= 15 is 0 Å². The molecule has 1 aliphatic carbocycles. The van der Waals surface area contributed by atoms with Crippen molar-refractivity contribution in [2.75, 3.05) is 14.2 Å². The molecule has 4 heteroatoms. The molecule has 0 saturated carbocycles. The molecule has 0 amide bonds. The zero-order chi connectivity index (χ0) is 22.7. The fourth-order valence-corrected chi connectivity index (χ4v) is 4.07. The number of carboxylic acid groups (broad SMARTS) is 1. The minimum atomic E-state index is -0.924. The van der Waals surface area contributed by atoms with Gasteiger partial charge in [0.15, 0.2) is 0 Å². The van der Waals surface area contributed by atoms with Crippen LogP contribution in [-0.4, -0.2) is 25.3 Å². The van der Waals surface area contributed by atoms with Gasteiger partial charge in [-0.15, -0.1) is 0 Å². The molecule has 0 aromatic heterocycles. The molecule has 0 heterocycles. The van der Waals surface area contributed by atoms with E-state index in [4.69, 9.17) is 9.47 Å². The Morgan fingerprint density at radius 2 is 1.72 bits per heavy atom. The van der Waals surface area contributed by atoms with Crippen molar-refractivity contribution in [2.45, 2.75) is 19.8 Å². The third-order valence-corrected chi connectivity index (χ3v) is 5.65. The molecule has 4 nitrogen and oxygen atoms in total. The summed E-state index contributed by atoms with van der Waals surface area (Å²) < 4.78 is 10.8. The number of methoxy groups -OCH3 is 2. The van der Waals surface area contributed by atoms with Gasteiger partial charge in [0, 0.05) is 17.2 Å². The maximum absolute atomic E-state index is 11.2. The van der Waals surface area contributed by atoms with Crippen molar-refractivity contribution in [3.63, 3.8) is 0 Å². The van der Waals surface area contributed by atoms with Gasteiger partial charge in [-0.3, -0.25) is 0 Å². The SMILES string of the molecule is COc1cc(/C=C2\CCc3cccc(C#Cc4ccc(C(=O)O)c(C)c4)c32)cc(OC)c1. The quantitative estimate of drug-likeness (QED) is 0.554. The topological polar surface area (TPSA) is 55.8 Å². The first-order chi connectivity index (χ1) is 15.5. The Kier molecular flexibility index (Phi) is 6.00. The lowest BCUT2D eigenvalue weighted by molar-refractivity contribution is 0.0696. The van der Waals surface area contributed by atoms with E-state index in [0.717, 1.165) is 41.0 Å². The average molecular weight is 424 g/mol. The summed E-state index contributed by atoms with van der Waals surface area (Å²) in [5.41, 5.74) is 7.50. The van der Waals surface area contributed by atoms with Crippen LogP contribution in [0.15, 0.2) is 54.6 Å². The van der Waals surface area contributed by atoms with Gasteiger partial charge in [-0.2, -0.15) is 0 Å². The predicted molar refractivity (Wildman–Crippen MR) is 126 cm³/mol. The number of hydrogen-bond donors (Lipinski definition) is 1. The Hall–Kier alpha value is -3.97. The lowest BCUT2D eigenvalue weighted by atomic mass is 9.98. The van der Waals surface area contributed by atoms with Gasteiger partial charge in [0.25, 0.3) is 0 Å². The van der Waals surface area contributed by atoms with Crippen LogP contribution in [0.4, 0.5) is 0 Å². The summed E-state index contributed by atoms with van der Waals surface area (Å²) in [6.07, 6.45) is 4.10. The number of aromatic carboxylic acids is 1. The lowest BCUT2D eigenvalue weighted by Gasteiger charge is -2.08. The molecule has 3 aromatic rings. The minimum absolute atomic E-state index is 0.301. The van der Waals surface area contributed by atoms with Gasteiger partial charge >= 0.3 is 5.97 Å². The van der Waals surface area contributed by atoms with Crippen molar-refractivity contribution in [1.82, 2.24) is 0 Å². The van der Waals surface area contributed by atoms with E-state index in [9.17, 15) is 9.90 Å². The second-order valence-corrected chi connectivity index (χ2v) is 7.74. The second kappa shape index (κ2) is 9.03. The highest BCUT2D eigenvalue weighted by atomic mass is 16.5. The van der Waals surface area contributed by atoms with E-state index in [-0.39, 0.29) is 0 Å². The van der Waals surface area contributed by atoms with E-state index < -0.39 is 5.97 Å². The van der Waals surface area contributed by atoms with E-state index in [1.807, 2.05) is 36.4 Å². The molecule has 0 spiro atoms. The van der Waals surface area contributed by atoms with Gasteiger partial charge in [0.05, 0.1) is 19.8 Å². The molecule has 1 N–H and O–H groups in total. The Morgan fingerprint density at radius 1 is 0.969 bits per heavy atom. The number of benzene rings is 3. The highest BCUT2D eigenvalue weighted by Gasteiger charge is 2.19. The van der Waals surface area contributed by atoms with Gasteiger partial charge in [0.1, 0.15) is 11.5 Å². The molecule has 1 aliphatic rings. The van der Waals surface area contributed by atoms with Crippen LogP contribution in [0.25, 0.3) is 11.6 Å². The number of allylic oxidation sites excluding steroid dienone is 1. The number of aryl methyl sites for hydroxylation is 2. The summed E-state index contributed by atoms with van der Waals surface area (Å²) in [5.74, 6) is 7.10. The smallest absolute Gasteiger partial charge is 0.335 e. The number of carboxylic acids is 1. The molecule has 160 valence electrons. The standard InChI is InChI=1S/C28H24O4/c1-18-13-19(8-12-26(18)28(29)30)7-9-21-5-4-6-22-10-11-23(27(21)22)14-20-15-24(31-2)17-25(16-20)32-3/h4-6,8,12-17H,10-11H2,1-3H3,(H,29,30)/b23-14+. The fourth-order valence-electron chi connectivity index (χ4n) is 4.07. The molecule has 0 unspecified atom stereocenters. The highest BCUT2D eigenvalue weighted by Crippen LogP contribution is 2.37. The van der Waals surface area contributed by atoms with Gasteiger partial charge in [-0.25, -0.2) is 4.79 Å². The molecule has 0 saturated heterocycles. The predicted octanol–water partition coefficient (Wildman–Crippen LogP) is 5.60. The molecular formula is C28H24O4. The summed E-state index contributed by atoms with van der Waals surface area (Å²) in [4.78, 5) is 11.2. The van der Waals surface area contributed by atoms with Crippen LogP contribution in [0.2, 0.25) is 0 Å². The van der Waals surface area contributed by atoms with E-state index in [2.05, 4.69) is 24.0 Å². The maximum atomic E-state index is 11.2. The third kappa shape index (κ3) is 4.38. The van der Waals surface area contributed by atoms with Gasteiger partial charge in [-0.05, 0) is 84.0 Å². The third-order valence-electron chi connectivity index (χ3n) is 5.65. The fraction of sp³-hybridized carbons (Fsp3) is 0.179. The van der Waals surface area contributed by atoms with Crippen molar-refractivity contribution in [2.24, 2.45) is 0 Å². The minimum Gasteiger partial charge on any atom is -0.497 e. The average Bonchev–Trinajstić information content (AvgIpc) is 3.20. The molecule has 0 fully saturated rings. The van der Waals surface area contributed by atoms with Crippen molar-refractivity contribution < 1.29 is 19.4 Å². The molecular weight excluding hydrogens is 400 g/mol. The first-order valence-electron chi connectivity index (χ1n) is 10.4. The lowest BCUT2D eigenvalue weighted by Crippen LogP contribution is -1.99. The zero-order valence-corrected chi connectivity index (χ0v) is 18.4. The Morgan fingerprint density at radius 3 is 2.38 bits per heavy atom. The number of ether oxygens (including phenoxy) is 2. The summed E-state index contributed by atoms with van der Waals surface area (Å²) in [6.45, 7) is 1.79. The van der Waals surface area contributed by atoms with E-state index in [1.54, 1.807) is 33.3 Å². The van der Waals surface area contributed by atoms with Crippen molar-refractivity contribution in [3.8, 4) is 23.3 Å². The van der Waals surface area contributed by atoms with Crippen LogP contribution in [0.3, 0.4) is 0 Å². The van der Waals surface area contributed by atoms with Crippen LogP contribution in [0.1, 0.15) is 50.2 Å². The summed E-state index contributed by atoms with van der Waals surface area (Å²) in [6, 6.07) is 17.3. The second-order valence-electron chi connectivity index (χ2n) is 7.74. The molecule has 32 heavy (non-hydrogen) atoms. The molecule has 0 radical (unpaired) electrons. The van der Waals surface area contributed by atoms with Crippen LogP contribution in [-0.2, 0) is 6.42 Å². The molecule has 4 rings (SSSR count). The Labute approximate surface area is 188 Å². The van der Waals surface area contributed by atoms with Gasteiger partial charge in [0.2, 0.25) is 0 Å². The van der Waals surface area contributed by atoms with Crippen molar-refractivity contribution >= 4 is 17.6 Å². The number of hydrogen-bond acceptors (Lipinski definition) is 3. The first kappa shape index (κ1) is 21.3. The largest absolute Gasteiger partial charge is 0.497 e. The van der Waals surface area contributed by atoms with E-state index in [1.165, 1.54) is 16.7 Å².